The summed E-state index contributed by atoms with van der Waals surface area (Å²) in [5.41, 5.74) is 4.91. The Morgan fingerprint density at radius 3 is 2.47 bits per heavy atom. The molecule has 2 atom stereocenters. The van der Waals surface area contributed by atoms with Gasteiger partial charge in [0.1, 0.15) is 0 Å². The van der Waals surface area contributed by atoms with Gasteiger partial charge in [-0.05, 0) is 26.8 Å². The maximum absolute atomic E-state index is 11.6. The van der Waals surface area contributed by atoms with Gasteiger partial charge >= 0.3 is 6.03 Å². The Morgan fingerprint density at radius 1 is 1.47 bits per heavy atom. The summed E-state index contributed by atoms with van der Waals surface area (Å²) in [5.74, 6) is 0.0694. The molecule has 0 saturated carbocycles. The smallest absolute Gasteiger partial charge is 0.312 e. The average molecular weight is 233 g/mol. The number of nitrogens with two attached hydrogens (primary N) is 1. The lowest BCUT2D eigenvalue weighted by Crippen LogP contribution is -2.39. The quantitative estimate of drug-likeness (QED) is 0.366. The van der Waals surface area contributed by atoms with Crippen LogP contribution >= 0.6 is 12.6 Å². The van der Waals surface area contributed by atoms with E-state index in [0.717, 1.165) is 0 Å². The lowest BCUT2D eigenvalue weighted by molar-refractivity contribution is -0.120. The SMILES string of the molecule is CN[C@@H](CCCNC(N)=O)C(=O)C(C)S. The van der Waals surface area contributed by atoms with Crippen LogP contribution in [0.25, 0.3) is 0 Å². The normalized spacial score (nSPS) is 14.3. The summed E-state index contributed by atoms with van der Waals surface area (Å²) >= 11 is 4.08. The van der Waals surface area contributed by atoms with Crippen molar-refractivity contribution in [3.63, 3.8) is 0 Å². The highest BCUT2D eigenvalue weighted by molar-refractivity contribution is 7.81. The predicted molar refractivity (Wildman–Crippen MR) is 63.1 cm³/mol. The highest BCUT2D eigenvalue weighted by Crippen LogP contribution is 2.04. The van der Waals surface area contributed by atoms with Crippen molar-refractivity contribution >= 4 is 24.4 Å². The van der Waals surface area contributed by atoms with Gasteiger partial charge in [-0.15, -0.1) is 0 Å². The molecule has 0 aromatic rings. The number of rotatable bonds is 7. The van der Waals surface area contributed by atoms with Crippen molar-refractivity contribution in [1.82, 2.24) is 10.6 Å². The van der Waals surface area contributed by atoms with Crippen molar-refractivity contribution in [2.24, 2.45) is 5.73 Å². The zero-order chi connectivity index (χ0) is 11.8. The molecule has 0 radical (unpaired) electrons. The van der Waals surface area contributed by atoms with Crippen LogP contribution in [0.3, 0.4) is 0 Å². The first-order valence-corrected chi connectivity index (χ1v) is 5.43. The van der Waals surface area contributed by atoms with Crippen LogP contribution in [0.5, 0.6) is 0 Å². The first-order chi connectivity index (χ1) is 6.99. The minimum absolute atomic E-state index is 0.0694. The van der Waals surface area contributed by atoms with E-state index in [1.165, 1.54) is 0 Å². The first kappa shape index (κ1) is 14.2. The van der Waals surface area contributed by atoms with E-state index in [1.807, 2.05) is 0 Å². The molecule has 88 valence electrons. The number of ketones is 1. The fourth-order valence-corrected chi connectivity index (χ4v) is 1.42. The third-order valence-electron chi connectivity index (χ3n) is 2.07. The number of carbonyl (C=O) groups is 2. The van der Waals surface area contributed by atoms with E-state index >= 15 is 0 Å². The van der Waals surface area contributed by atoms with Crippen molar-refractivity contribution in [1.29, 1.82) is 0 Å². The molecule has 2 amide bonds. The summed E-state index contributed by atoms with van der Waals surface area (Å²) in [6, 6.07) is -0.739. The number of likely N-dealkylation sites (N-methyl/N-ethyl adjacent to an activating group) is 1. The summed E-state index contributed by atoms with van der Waals surface area (Å²) in [5, 5.41) is 5.13. The molecule has 0 fully saturated rings. The molecule has 0 saturated heterocycles. The predicted octanol–water partition coefficient (Wildman–Crippen LogP) is -0.0897. The van der Waals surface area contributed by atoms with E-state index in [-0.39, 0.29) is 17.1 Å². The van der Waals surface area contributed by atoms with Gasteiger partial charge < -0.3 is 16.4 Å². The molecule has 0 heterocycles. The van der Waals surface area contributed by atoms with E-state index in [4.69, 9.17) is 5.73 Å². The topological polar surface area (TPSA) is 84.2 Å². The molecule has 1 unspecified atom stereocenters. The summed E-state index contributed by atoms with van der Waals surface area (Å²) in [4.78, 5) is 21.9. The van der Waals surface area contributed by atoms with Crippen LogP contribution in [0.2, 0.25) is 0 Å². The number of amides is 2. The summed E-state index contributed by atoms with van der Waals surface area (Å²) in [6.45, 7) is 2.24. The van der Waals surface area contributed by atoms with Crippen LogP contribution in [0.4, 0.5) is 4.79 Å². The Morgan fingerprint density at radius 2 is 2.07 bits per heavy atom. The van der Waals surface area contributed by atoms with Crippen molar-refractivity contribution in [3.8, 4) is 0 Å². The molecular weight excluding hydrogens is 214 g/mol. The molecule has 15 heavy (non-hydrogen) atoms. The molecule has 5 nitrogen and oxygen atoms in total. The molecule has 0 aromatic carbocycles. The van der Waals surface area contributed by atoms with Crippen LogP contribution < -0.4 is 16.4 Å². The van der Waals surface area contributed by atoms with Crippen molar-refractivity contribution in [2.75, 3.05) is 13.6 Å². The number of carbonyl (C=O) groups excluding carboxylic acids is 2. The highest BCUT2D eigenvalue weighted by atomic mass is 32.1. The second-order valence-electron chi connectivity index (χ2n) is 3.35. The van der Waals surface area contributed by atoms with Gasteiger partial charge in [0.15, 0.2) is 5.78 Å². The maximum atomic E-state index is 11.6. The van der Waals surface area contributed by atoms with Gasteiger partial charge in [-0.1, -0.05) is 0 Å². The number of hydrogen-bond donors (Lipinski definition) is 4. The van der Waals surface area contributed by atoms with Gasteiger partial charge in [-0.3, -0.25) is 4.79 Å². The fourth-order valence-electron chi connectivity index (χ4n) is 1.24. The van der Waals surface area contributed by atoms with E-state index < -0.39 is 6.03 Å². The van der Waals surface area contributed by atoms with Crippen LogP contribution in [-0.2, 0) is 4.79 Å². The van der Waals surface area contributed by atoms with Crippen LogP contribution in [0.1, 0.15) is 19.8 Å². The summed E-state index contributed by atoms with van der Waals surface area (Å²) < 4.78 is 0. The fraction of sp³-hybridized carbons (Fsp3) is 0.778. The summed E-state index contributed by atoms with van der Waals surface area (Å²) in [6.07, 6.45) is 1.38. The van der Waals surface area contributed by atoms with E-state index in [2.05, 4.69) is 23.3 Å². The van der Waals surface area contributed by atoms with Gasteiger partial charge in [-0.2, -0.15) is 12.6 Å². The van der Waals surface area contributed by atoms with E-state index in [0.29, 0.717) is 19.4 Å². The van der Waals surface area contributed by atoms with Crippen LogP contribution in [-0.4, -0.2) is 36.7 Å². The number of nitrogens with one attached hydrogen (secondary N) is 2. The number of primary amides is 1. The molecule has 6 heteroatoms. The lowest BCUT2D eigenvalue weighted by atomic mass is 10.1. The molecule has 4 N–H and O–H groups in total. The number of Topliss-reactive ketones (excluding diaryl/α,β-unsaturated/α-hetero) is 1. The van der Waals surface area contributed by atoms with Crippen molar-refractivity contribution < 1.29 is 9.59 Å². The van der Waals surface area contributed by atoms with E-state index in [9.17, 15) is 9.59 Å². The minimum Gasteiger partial charge on any atom is -0.352 e. The summed E-state index contributed by atoms with van der Waals surface area (Å²) in [7, 11) is 1.74. The van der Waals surface area contributed by atoms with Crippen molar-refractivity contribution in [2.45, 2.75) is 31.1 Å². The standard InChI is InChI=1S/C9H19N3O2S/c1-6(15)8(13)7(11-2)4-3-5-12-9(10)14/h6-7,11,15H,3-5H2,1-2H3,(H3,10,12,14)/t6?,7-/m0/s1. The largest absolute Gasteiger partial charge is 0.352 e. The Hall–Kier alpha value is -0.750. The first-order valence-electron chi connectivity index (χ1n) is 4.91. The van der Waals surface area contributed by atoms with Crippen LogP contribution in [0.15, 0.2) is 0 Å². The van der Waals surface area contributed by atoms with Gasteiger partial charge in [0.25, 0.3) is 0 Å². The third kappa shape index (κ3) is 6.35. The Kier molecular flexibility index (Phi) is 7.15. The Balaban J connectivity index is 3.80. The molecule has 0 aliphatic carbocycles. The third-order valence-corrected chi connectivity index (χ3v) is 2.33. The molecule has 0 rings (SSSR count). The molecule has 0 bridgehead atoms. The molecular formula is C9H19N3O2S. The van der Waals surface area contributed by atoms with Gasteiger partial charge in [0.05, 0.1) is 11.3 Å². The van der Waals surface area contributed by atoms with Gasteiger partial charge in [0, 0.05) is 6.54 Å². The zero-order valence-electron chi connectivity index (χ0n) is 9.12. The van der Waals surface area contributed by atoms with Crippen LogP contribution in [0, 0.1) is 0 Å². The van der Waals surface area contributed by atoms with Gasteiger partial charge in [-0.25, -0.2) is 4.79 Å². The number of hydrogen-bond acceptors (Lipinski definition) is 4. The Labute approximate surface area is 95.6 Å². The molecule has 0 aromatic heterocycles. The monoisotopic (exact) mass is 233 g/mol. The Bertz CT molecular complexity index is 221. The van der Waals surface area contributed by atoms with E-state index in [1.54, 1.807) is 14.0 Å². The molecule has 0 aliphatic rings. The number of thiol groups is 1. The average Bonchev–Trinajstić information content (AvgIpc) is 2.16. The molecule has 0 aliphatic heterocycles. The number of urea groups is 1. The second-order valence-corrected chi connectivity index (χ2v) is 4.13. The maximum Gasteiger partial charge on any atom is 0.312 e. The highest BCUT2D eigenvalue weighted by Gasteiger charge is 2.19. The van der Waals surface area contributed by atoms with Crippen molar-refractivity contribution in [3.05, 3.63) is 0 Å². The second kappa shape index (κ2) is 7.53. The zero-order valence-corrected chi connectivity index (χ0v) is 10.0. The molecule has 0 spiro atoms. The van der Waals surface area contributed by atoms with Gasteiger partial charge in [0.2, 0.25) is 0 Å². The lowest BCUT2D eigenvalue weighted by Gasteiger charge is -2.16. The minimum atomic E-state index is -0.537.